The molecule has 2 nitrogen and oxygen atoms in total. The molecular weight excluding hydrogens is 222 g/mol. The Morgan fingerprint density at radius 3 is 2.72 bits per heavy atom. The molecule has 2 aromatic rings. The van der Waals surface area contributed by atoms with E-state index in [9.17, 15) is 5.11 Å². The van der Waals surface area contributed by atoms with Crippen LogP contribution in [0.1, 0.15) is 30.6 Å². The van der Waals surface area contributed by atoms with Crippen LogP contribution < -0.4 is 0 Å². The Balaban J connectivity index is 1.94. The lowest BCUT2D eigenvalue weighted by atomic mass is 10.1. The van der Waals surface area contributed by atoms with Gasteiger partial charge in [-0.3, -0.25) is 0 Å². The maximum absolute atomic E-state index is 9.71. The highest BCUT2D eigenvalue weighted by atomic mass is 16.3. The van der Waals surface area contributed by atoms with Gasteiger partial charge in [0.25, 0.3) is 0 Å². The summed E-state index contributed by atoms with van der Waals surface area (Å²) in [5, 5.41) is 9.71. The van der Waals surface area contributed by atoms with Crippen LogP contribution in [0.5, 0.6) is 0 Å². The Hall–Kier alpha value is -1.80. The van der Waals surface area contributed by atoms with E-state index in [0.29, 0.717) is 0 Å². The highest BCUT2D eigenvalue weighted by Crippen LogP contribution is 2.16. The standard InChI is InChI=1S/C16H19NO/c1-2-16(18)15-10-12-17(13-15)11-6-9-14-7-4-3-5-8-14/h3-10,12-13,16,18H,2,11H2,1H3. The highest BCUT2D eigenvalue weighted by Gasteiger charge is 2.05. The number of hydrogen-bond donors (Lipinski definition) is 1. The number of nitrogens with zero attached hydrogens (tertiary/aromatic N) is 1. The van der Waals surface area contributed by atoms with Crippen LogP contribution in [0.2, 0.25) is 0 Å². The number of hydrogen-bond acceptors (Lipinski definition) is 1. The van der Waals surface area contributed by atoms with Crippen molar-refractivity contribution < 1.29 is 5.11 Å². The van der Waals surface area contributed by atoms with Crippen molar-refractivity contribution in [2.75, 3.05) is 0 Å². The molecule has 2 heteroatoms. The molecule has 1 aromatic carbocycles. The van der Waals surface area contributed by atoms with Gasteiger partial charge in [-0.15, -0.1) is 0 Å². The molecule has 0 aliphatic heterocycles. The fourth-order valence-electron chi connectivity index (χ4n) is 1.88. The average molecular weight is 241 g/mol. The Morgan fingerprint density at radius 1 is 1.22 bits per heavy atom. The second-order valence-corrected chi connectivity index (χ2v) is 4.38. The third kappa shape index (κ3) is 3.34. The Labute approximate surface area is 108 Å². The van der Waals surface area contributed by atoms with Crippen LogP contribution in [0.4, 0.5) is 0 Å². The summed E-state index contributed by atoms with van der Waals surface area (Å²) in [7, 11) is 0. The monoisotopic (exact) mass is 241 g/mol. The van der Waals surface area contributed by atoms with E-state index >= 15 is 0 Å². The smallest absolute Gasteiger partial charge is 0.0802 e. The molecule has 1 atom stereocenters. The summed E-state index contributed by atoms with van der Waals surface area (Å²) in [6, 6.07) is 12.2. The molecule has 0 aliphatic carbocycles. The van der Waals surface area contributed by atoms with Gasteiger partial charge >= 0.3 is 0 Å². The first-order valence-electron chi connectivity index (χ1n) is 6.35. The fourth-order valence-corrected chi connectivity index (χ4v) is 1.88. The van der Waals surface area contributed by atoms with Crippen LogP contribution in [-0.2, 0) is 6.54 Å². The van der Waals surface area contributed by atoms with Crippen LogP contribution in [-0.4, -0.2) is 9.67 Å². The van der Waals surface area contributed by atoms with Gasteiger partial charge in [0, 0.05) is 18.9 Å². The van der Waals surface area contributed by atoms with Crippen LogP contribution >= 0.6 is 0 Å². The van der Waals surface area contributed by atoms with Crippen molar-refractivity contribution in [3.05, 3.63) is 66.0 Å². The van der Waals surface area contributed by atoms with Crippen molar-refractivity contribution >= 4 is 6.08 Å². The molecule has 1 heterocycles. The van der Waals surface area contributed by atoms with E-state index in [4.69, 9.17) is 0 Å². The van der Waals surface area contributed by atoms with Gasteiger partial charge in [-0.25, -0.2) is 0 Å². The van der Waals surface area contributed by atoms with E-state index in [1.54, 1.807) is 0 Å². The summed E-state index contributed by atoms with van der Waals surface area (Å²) >= 11 is 0. The summed E-state index contributed by atoms with van der Waals surface area (Å²) in [6.45, 7) is 2.81. The molecule has 1 unspecified atom stereocenters. The van der Waals surface area contributed by atoms with E-state index in [-0.39, 0.29) is 6.10 Å². The van der Waals surface area contributed by atoms with Crippen LogP contribution in [0, 0.1) is 0 Å². The van der Waals surface area contributed by atoms with Crippen molar-refractivity contribution in [2.45, 2.75) is 26.0 Å². The molecule has 2 rings (SSSR count). The first kappa shape index (κ1) is 12.7. The maximum atomic E-state index is 9.71. The summed E-state index contributed by atoms with van der Waals surface area (Å²) < 4.78 is 2.08. The first-order valence-corrected chi connectivity index (χ1v) is 6.35. The molecule has 0 saturated carbocycles. The van der Waals surface area contributed by atoms with Gasteiger partial charge in [0.15, 0.2) is 0 Å². The minimum Gasteiger partial charge on any atom is -0.388 e. The van der Waals surface area contributed by atoms with E-state index in [1.807, 2.05) is 43.6 Å². The molecule has 94 valence electrons. The molecule has 0 bridgehead atoms. The summed E-state index contributed by atoms with van der Waals surface area (Å²) in [4.78, 5) is 0. The summed E-state index contributed by atoms with van der Waals surface area (Å²) in [6.07, 6.45) is 8.65. The number of benzene rings is 1. The average Bonchev–Trinajstić information content (AvgIpc) is 2.88. The van der Waals surface area contributed by atoms with Gasteiger partial charge in [-0.05, 0) is 23.6 Å². The van der Waals surface area contributed by atoms with Crippen molar-refractivity contribution in [2.24, 2.45) is 0 Å². The van der Waals surface area contributed by atoms with Crippen molar-refractivity contribution in [3.63, 3.8) is 0 Å². The lowest BCUT2D eigenvalue weighted by molar-refractivity contribution is 0.173. The van der Waals surface area contributed by atoms with Gasteiger partial charge in [0.05, 0.1) is 6.10 Å². The fraction of sp³-hybridized carbons (Fsp3) is 0.250. The number of rotatable bonds is 5. The lowest BCUT2D eigenvalue weighted by Crippen LogP contribution is -1.94. The number of aliphatic hydroxyl groups is 1. The molecule has 0 fully saturated rings. The Bertz CT molecular complexity index is 499. The van der Waals surface area contributed by atoms with E-state index in [1.165, 1.54) is 5.56 Å². The second-order valence-electron chi connectivity index (χ2n) is 4.38. The predicted molar refractivity (Wildman–Crippen MR) is 75.2 cm³/mol. The normalized spacial score (nSPS) is 13.0. The lowest BCUT2D eigenvalue weighted by Gasteiger charge is -2.03. The number of allylic oxidation sites excluding steroid dienone is 1. The molecule has 0 saturated heterocycles. The van der Waals surface area contributed by atoms with Gasteiger partial charge in [0.2, 0.25) is 0 Å². The van der Waals surface area contributed by atoms with Crippen LogP contribution in [0.25, 0.3) is 6.08 Å². The predicted octanol–water partition coefficient (Wildman–Crippen LogP) is 3.64. The van der Waals surface area contributed by atoms with E-state index < -0.39 is 0 Å². The molecule has 1 N–H and O–H groups in total. The SMILES string of the molecule is CCC(O)c1ccn(CC=Cc2ccccc2)c1. The highest BCUT2D eigenvalue weighted by molar-refractivity contribution is 5.48. The largest absolute Gasteiger partial charge is 0.388 e. The zero-order chi connectivity index (χ0) is 12.8. The Morgan fingerprint density at radius 2 is 2.00 bits per heavy atom. The van der Waals surface area contributed by atoms with Crippen LogP contribution in [0.3, 0.4) is 0 Å². The van der Waals surface area contributed by atoms with Gasteiger partial charge in [0.1, 0.15) is 0 Å². The van der Waals surface area contributed by atoms with Gasteiger partial charge in [-0.2, -0.15) is 0 Å². The van der Waals surface area contributed by atoms with Crippen LogP contribution in [0.15, 0.2) is 54.9 Å². The van der Waals surface area contributed by atoms with Crippen molar-refractivity contribution in [1.82, 2.24) is 4.57 Å². The summed E-state index contributed by atoms with van der Waals surface area (Å²) in [5.74, 6) is 0. The molecule has 0 spiro atoms. The zero-order valence-corrected chi connectivity index (χ0v) is 10.7. The van der Waals surface area contributed by atoms with E-state index in [0.717, 1.165) is 18.5 Å². The second kappa shape index (κ2) is 6.22. The molecule has 0 amide bonds. The van der Waals surface area contributed by atoms with Crippen molar-refractivity contribution in [3.8, 4) is 0 Å². The number of aliphatic hydroxyl groups excluding tert-OH is 1. The summed E-state index contributed by atoms with van der Waals surface area (Å²) in [5.41, 5.74) is 2.20. The van der Waals surface area contributed by atoms with Crippen molar-refractivity contribution in [1.29, 1.82) is 0 Å². The zero-order valence-electron chi connectivity index (χ0n) is 10.7. The topological polar surface area (TPSA) is 25.2 Å². The molecule has 18 heavy (non-hydrogen) atoms. The third-order valence-electron chi connectivity index (χ3n) is 2.97. The third-order valence-corrected chi connectivity index (χ3v) is 2.97. The minimum absolute atomic E-state index is 0.343. The molecule has 0 aliphatic rings. The van der Waals surface area contributed by atoms with Gasteiger partial charge in [-0.1, -0.05) is 49.4 Å². The molecule has 0 radical (unpaired) electrons. The van der Waals surface area contributed by atoms with E-state index in [2.05, 4.69) is 28.9 Å². The number of aromatic nitrogens is 1. The molecule has 1 aromatic heterocycles. The quantitative estimate of drug-likeness (QED) is 0.849. The maximum Gasteiger partial charge on any atom is 0.0802 e. The minimum atomic E-state index is -0.343. The Kier molecular flexibility index (Phi) is 4.37. The van der Waals surface area contributed by atoms with Gasteiger partial charge < -0.3 is 9.67 Å². The first-order chi connectivity index (χ1) is 8.79. The molecular formula is C16H19NO.